The van der Waals surface area contributed by atoms with Gasteiger partial charge in [-0.05, 0) is 12.1 Å². The van der Waals surface area contributed by atoms with E-state index in [0.717, 1.165) is 0 Å². The largest absolute Gasteiger partial charge is 0.493 e. The number of fused-ring (bicyclic) bond motifs is 1. The van der Waals surface area contributed by atoms with E-state index in [0.29, 0.717) is 16.8 Å². The zero-order valence-electron chi connectivity index (χ0n) is 10.1. The number of hydrogen-bond acceptors (Lipinski definition) is 6. The second kappa shape index (κ2) is 5.07. The summed E-state index contributed by atoms with van der Waals surface area (Å²) in [5.41, 5.74) is 6.10. The number of hydrogen-bond donors (Lipinski definition) is 2. The molecule has 0 saturated heterocycles. The van der Waals surface area contributed by atoms with Crippen LogP contribution in [0.15, 0.2) is 22.6 Å². The van der Waals surface area contributed by atoms with E-state index in [-0.39, 0.29) is 12.3 Å². The SMILES string of the molecule is COc1cccc2nc(C(=O)C[C@H](N)C(=O)O)oc12. The number of aromatic nitrogens is 1. The predicted molar refractivity (Wildman–Crippen MR) is 65.1 cm³/mol. The van der Waals surface area contributed by atoms with Crippen LogP contribution in [0.3, 0.4) is 0 Å². The lowest BCUT2D eigenvalue weighted by Crippen LogP contribution is -2.32. The molecule has 1 aromatic carbocycles. The van der Waals surface area contributed by atoms with E-state index in [9.17, 15) is 9.59 Å². The average molecular weight is 264 g/mol. The summed E-state index contributed by atoms with van der Waals surface area (Å²) in [5, 5.41) is 8.65. The van der Waals surface area contributed by atoms with Gasteiger partial charge in [-0.3, -0.25) is 9.59 Å². The summed E-state index contributed by atoms with van der Waals surface area (Å²) in [4.78, 5) is 26.4. The van der Waals surface area contributed by atoms with Crippen molar-refractivity contribution in [3.8, 4) is 5.75 Å². The summed E-state index contributed by atoms with van der Waals surface area (Å²) in [6.45, 7) is 0. The maximum absolute atomic E-state index is 11.8. The van der Waals surface area contributed by atoms with Gasteiger partial charge in [-0.2, -0.15) is 0 Å². The van der Waals surface area contributed by atoms with Crippen LogP contribution in [-0.2, 0) is 4.79 Å². The fourth-order valence-corrected chi connectivity index (χ4v) is 1.58. The Bertz CT molecular complexity index is 634. The number of para-hydroxylation sites is 1. The first kappa shape index (κ1) is 13.0. The van der Waals surface area contributed by atoms with Crippen LogP contribution in [-0.4, -0.2) is 35.0 Å². The van der Waals surface area contributed by atoms with E-state index < -0.39 is 17.8 Å². The minimum Gasteiger partial charge on any atom is -0.493 e. The minimum atomic E-state index is -1.27. The number of ketones is 1. The molecule has 0 saturated carbocycles. The Kier molecular flexibility index (Phi) is 3.48. The maximum atomic E-state index is 11.8. The highest BCUT2D eigenvalue weighted by molar-refractivity contribution is 5.97. The van der Waals surface area contributed by atoms with Gasteiger partial charge in [-0.15, -0.1) is 0 Å². The first-order valence-electron chi connectivity index (χ1n) is 5.48. The summed E-state index contributed by atoms with van der Waals surface area (Å²) in [6, 6.07) is 3.77. The van der Waals surface area contributed by atoms with Crippen LogP contribution >= 0.6 is 0 Å². The molecule has 1 aromatic heterocycles. The Labute approximate surface area is 108 Å². The number of ether oxygens (including phenoxy) is 1. The molecule has 19 heavy (non-hydrogen) atoms. The van der Waals surface area contributed by atoms with Crippen LogP contribution in [0.2, 0.25) is 0 Å². The molecule has 2 aromatic rings. The lowest BCUT2D eigenvalue weighted by Gasteiger charge is -2.02. The molecule has 0 amide bonds. The molecule has 0 unspecified atom stereocenters. The highest BCUT2D eigenvalue weighted by Crippen LogP contribution is 2.26. The van der Waals surface area contributed by atoms with Crippen molar-refractivity contribution in [2.45, 2.75) is 12.5 Å². The van der Waals surface area contributed by atoms with Gasteiger partial charge in [0, 0.05) is 6.42 Å². The number of carbonyl (C=O) groups is 2. The topological polar surface area (TPSA) is 116 Å². The second-order valence-corrected chi connectivity index (χ2v) is 3.90. The Hall–Kier alpha value is -2.41. The number of aliphatic carboxylic acids is 1. The van der Waals surface area contributed by atoms with Gasteiger partial charge >= 0.3 is 5.97 Å². The van der Waals surface area contributed by atoms with E-state index in [1.807, 2.05) is 0 Å². The van der Waals surface area contributed by atoms with Gasteiger partial charge in [0.2, 0.25) is 5.78 Å². The lowest BCUT2D eigenvalue weighted by atomic mass is 10.1. The van der Waals surface area contributed by atoms with Crippen molar-refractivity contribution >= 4 is 22.9 Å². The third kappa shape index (κ3) is 2.55. The van der Waals surface area contributed by atoms with Crippen molar-refractivity contribution in [2.75, 3.05) is 7.11 Å². The number of oxazole rings is 1. The number of benzene rings is 1. The fourth-order valence-electron chi connectivity index (χ4n) is 1.58. The van der Waals surface area contributed by atoms with E-state index in [2.05, 4.69) is 4.98 Å². The van der Waals surface area contributed by atoms with Crippen LogP contribution < -0.4 is 10.5 Å². The van der Waals surface area contributed by atoms with Crippen molar-refractivity contribution in [1.29, 1.82) is 0 Å². The molecule has 0 aliphatic rings. The molecule has 1 heterocycles. The highest BCUT2D eigenvalue weighted by Gasteiger charge is 2.22. The van der Waals surface area contributed by atoms with Crippen LogP contribution in [0.5, 0.6) is 5.75 Å². The van der Waals surface area contributed by atoms with Gasteiger partial charge < -0.3 is 20.0 Å². The molecule has 7 nitrogen and oxygen atoms in total. The van der Waals surface area contributed by atoms with Crippen molar-refractivity contribution < 1.29 is 23.8 Å². The van der Waals surface area contributed by atoms with E-state index in [4.69, 9.17) is 20.0 Å². The average Bonchev–Trinajstić information content (AvgIpc) is 2.82. The molecule has 0 fully saturated rings. The Morgan fingerprint density at radius 2 is 2.26 bits per heavy atom. The van der Waals surface area contributed by atoms with Crippen molar-refractivity contribution in [1.82, 2.24) is 4.98 Å². The van der Waals surface area contributed by atoms with Crippen LogP contribution in [0, 0.1) is 0 Å². The fraction of sp³-hybridized carbons (Fsp3) is 0.250. The first-order valence-corrected chi connectivity index (χ1v) is 5.48. The van der Waals surface area contributed by atoms with Gasteiger partial charge in [-0.25, -0.2) is 4.98 Å². The molecule has 0 bridgehead atoms. The van der Waals surface area contributed by atoms with E-state index in [1.54, 1.807) is 18.2 Å². The second-order valence-electron chi connectivity index (χ2n) is 3.90. The van der Waals surface area contributed by atoms with Crippen molar-refractivity contribution in [3.05, 3.63) is 24.1 Å². The summed E-state index contributed by atoms with van der Waals surface area (Å²) < 4.78 is 10.4. The summed E-state index contributed by atoms with van der Waals surface area (Å²) in [6.07, 6.45) is -0.371. The summed E-state index contributed by atoms with van der Waals surface area (Å²) in [5.74, 6) is -1.53. The molecular formula is C12H12N2O5. The maximum Gasteiger partial charge on any atom is 0.320 e. The smallest absolute Gasteiger partial charge is 0.320 e. The zero-order valence-corrected chi connectivity index (χ0v) is 10.1. The molecule has 7 heteroatoms. The quantitative estimate of drug-likeness (QED) is 0.768. The molecule has 0 aliphatic carbocycles. The summed E-state index contributed by atoms with van der Waals surface area (Å²) >= 11 is 0. The van der Waals surface area contributed by atoms with E-state index >= 15 is 0 Å². The van der Waals surface area contributed by atoms with Gasteiger partial charge in [0.25, 0.3) is 5.89 Å². The number of nitrogens with zero attached hydrogens (tertiary/aromatic N) is 1. The molecule has 0 aliphatic heterocycles. The van der Waals surface area contributed by atoms with Crippen molar-refractivity contribution in [3.63, 3.8) is 0 Å². The molecule has 0 spiro atoms. The molecule has 2 rings (SSSR count). The van der Waals surface area contributed by atoms with Gasteiger partial charge in [0.15, 0.2) is 11.3 Å². The molecule has 1 atom stereocenters. The number of Topliss-reactive ketones (excluding diaryl/α,β-unsaturated/α-hetero) is 1. The van der Waals surface area contributed by atoms with E-state index in [1.165, 1.54) is 7.11 Å². The number of carboxylic acid groups (broad SMARTS) is 1. The molecule has 3 N–H and O–H groups in total. The third-order valence-electron chi connectivity index (χ3n) is 2.56. The number of methoxy groups -OCH3 is 1. The number of carboxylic acids is 1. The number of rotatable bonds is 5. The van der Waals surface area contributed by atoms with Gasteiger partial charge in [0.05, 0.1) is 7.11 Å². The third-order valence-corrected chi connectivity index (χ3v) is 2.56. The van der Waals surface area contributed by atoms with Crippen molar-refractivity contribution in [2.24, 2.45) is 5.73 Å². The monoisotopic (exact) mass is 264 g/mol. The molecular weight excluding hydrogens is 252 g/mol. The Morgan fingerprint density at radius 1 is 1.53 bits per heavy atom. The van der Waals surface area contributed by atoms with Gasteiger partial charge in [0.1, 0.15) is 11.6 Å². The standard InChI is InChI=1S/C12H12N2O5/c1-18-9-4-2-3-7-10(9)19-11(14-7)8(15)5-6(13)12(16)17/h2-4,6H,5,13H2,1H3,(H,16,17)/t6-/m0/s1. The Balaban J connectivity index is 2.31. The first-order chi connectivity index (χ1) is 9.02. The van der Waals surface area contributed by atoms with Crippen LogP contribution in [0.1, 0.15) is 17.1 Å². The van der Waals surface area contributed by atoms with Crippen LogP contribution in [0.25, 0.3) is 11.1 Å². The van der Waals surface area contributed by atoms with Gasteiger partial charge in [-0.1, -0.05) is 6.07 Å². The Morgan fingerprint density at radius 3 is 2.89 bits per heavy atom. The minimum absolute atomic E-state index is 0.170. The number of nitrogens with two attached hydrogens (primary N) is 1. The normalized spacial score (nSPS) is 12.3. The zero-order chi connectivity index (χ0) is 14.0. The molecule has 0 radical (unpaired) electrons. The summed E-state index contributed by atoms with van der Waals surface area (Å²) in [7, 11) is 1.47. The molecule has 100 valence electrons. The predicted octanol–water partition coefficient (Wildman–Crippen LogP) is 0.821. The number of carbonyl (C=O) groups excluding carboxylic acids is 1. The van der Waals surface area contributed by atoms with Crippen LogP contribution in [0.4, 0.5) is 0 Å². The lowest BCUT2D eigenvalue weighted by molar-refractivity contribution is -0.138. The highest BCUT2D eigenvalue weighted by atomic mass is 16.5.